The smallest absolute Gasteiger partial charge is 0.237 e. The van der Waals surface area contributed by atoms with Gasteiger partial charge in [0.1, 0.15) is 5.76 Å². The summed E-state index contributed by atoms with van der Waals surface area (Å²) >= 11 is 7.36. The standard InChI is InChI=1S/C13H15ClN2O2S/c1-9(15-8-11-4-5-12(14)19-11)13(17)16-7-10-3-2-6-18-10/h2-6,9,15H,7-8H2,1H3,(H,16,17). The summed E-state index contributed by atoms with van der Waals surface area (Å²) in [6.45, 7) is 2.86. The van der Waals surface area contributed by atoms with Crippen LogP contribution in [0.5, 0.6) is 0 Å². The molecule has 0 saturated carbocycles. The van der Waals surface area contributed by atoms with Gasteiger partial charge >= 0.3 is 0 Å². The maximum atomic E-state index is 11.8. The molecular weight excluding hydrogens is 284 g/mol. The molecule has 0 saturated heterocycles. The van der Waals surface area contributed by atoms with Crippen molar-refractivity contribution in [1.29, 1.82) is 0 Å². The van der Waals surface area contributed by atoms with Crippen LogP contribution in [0, 0.1) is 0 Å². The Bertz CT molecular complexity index is 524. The molecule has 1 atom stereocenters. The molecule has 2 rings (SSSR count). The van der Waals surface area contributed by atoms with Gasteiger partial charge in [0.25, 0.3) is 0 Å². The Balaban J connectivity index is 1.73. The molecule has 6 heteroatoms. The molecule has 0 aliphatic carbocycles. The molecule has 2 aromatic heterocycles. The fourth-order valence-electron chi connectivity index (χ4n) is 1.53. The van der Waals surface area contributed by atoms with Crippen LogP contribution in [0.3, 0.4) is 0 Å². The van der Waals surface area contributed by atoms with Crippen LogP contribution in [0.15, 0.2) is 34.9 Å². The van der Waals surface area contributed by atoms with Crippen molar-refractivity contribution in [3.8, 4) is 0 Å². The van der Waals surface area contributed by atoms with E-state index in [1.165, 1.54) is 11.3 Å². The summed E-state index contributed by atoms with van der Waals surface area (Å²) in [7, 11) is 0. The van der Waals surface area contributed by atoms with Gasteiger partial charge < -0.3 is 15.1 Å². The minimum atomic E-state index is -0.268. The second-order valence-electron chi connectivity index (χ2n) is 4.11. The zero-order valence-corrected chi connectivity index (χ0v) is 12.1. The molecule has 2 N–H and O–H groups in total. The van der Waals surface area contributed by atoms with Crippen LogP contribution in [0.25, 0.3) is 0 Å². The summed E-state index contributed by atoms with van der Waals surface area (Å²) in [4.78, 5) is 12.9. The molecule has 102 valence electrons. The fourth-order valence-corrected chi connectivity index (χ4v) is 2.57. The average molecular weight is 299 g/mol. The molecule has 0 aromatic carbocycles. The maximum Gasteiger partial charge on any atom is 0.237 e. The third-order valence-corrected chi connectivity index (χ3v) is 3.85. The summed E-state index contributed by atoms with van der Waals surface area (Å²) < 4.78 is 5.90. The molecule has 1 unspecified atom stereocenters. The predicted molar refractivity (Wildman–Crippen MR) is 76.2 cm³/mol. The van der Waals surface area contributed by atoms with Gasteiger partial charge in [-0.05, 0) is 31.2 Å². The molecule has 2 heterocycles. The molecule has 0 fully saturated rings. The Hall–Kier alpha value is -1.30. The Morgan fingerprint density at radius 3 is 2.89 bits per heavy atom. The number of carbonyl (C=O) groups is 1. The summed E-state index contributed by atoms with van der Waals surface area (Å²) in [6, 6.07) is 7.16. The van der Waals surface area contributed by atoms with Crippen LogP contribution in [0.2, 0.25) is 4.34 Å². The van der Waals surface area contributed by atoms with Gasteiger partial charge in [0.2, 0.25) is 5.91 Å². The molecular formula is C13H15ClN2O2S. The third kappa shape index (κ3) is 4.38. The Morgan fingerprint density at radius 2 is 2.26 bits per heavy atom. The highest BCUT2D eigenvalue weighted by Crippen LogP contribution is 2.21. The lowest BCUT2D eigenvalue weighted by atomic mass is 10.3. The number of halogens is 1. The van der Waals surface area contributed by atoms with E-state index in [-0.39, 0.29) is 11.9 Å². The van der Waals surface area contributed by atoms with E-state index in [0.717, 1.165) is 15.0 Å². The van der Waals surface area contributed by atoms with Gasteiger partial charge in [-0.1, -0.05) is 11.6 Å². The summed E-state index contributed by atoms with van der Waals surface area (Å²) in [5, 5.41) is 5.96. The second-order valence-corrected chi connectivity index (χ2v) is 5.91. The molecule has 19 heavy (non-hydrogen) atoms. The van der Waals surface area contributed by atoms with Crippen LogP contribution in [0.4, 0.5) is 0 Å². The van der Waals surface area contributed by atoms with Crippen molar-refractivity contribution in [3.05, 3.63) is 45.5 Å². The minimum absolute atomic E-state index is 0.0564. The van der Waals surface area contributed by atoms with Gasteiger partial charge in [0.15, 0.2) is 0 Å². The first-order chi connectivity index (χ1) is 9.15. The first-order valence-corrected chi connectivity index (χ1v) is 7.12. The molecule has 2 aromatic rings. The van der Waals surface area contributed by atoms with Gasteiger partial charge in [-0.25, -0.2) is 0 Å². The van der Waals surface area contributed by atoms with Crippen molar-refractivity contribution in [2.45, 2.75) is 26.1 Å². The number of rotatable bonds is 6. The average Bonchev–Trinajstić information content (AvgIpc) is 3.04. The van der Waals surface area contributed by atoms with Crippen LogP contribution in [0.1, 0.15) is 17.6 Å². The number of nitrogens with one attached hydrogen (secondary N) is 2. The highest BCUT2D eigenvalue weighted by molar-refractivity contribution is 7.16. The second kappa shape index (κ2) is 6.75. The van der Waals surface area contributed by atoms with E-state index in [1.54, 1.807) is 12.3 Å². The lowest BCUT2D eigenvalue weighted by molar-refractivity contribution is -0.123. The van der Waals surface area contributed by atoms with E-state index in [0.29, 0.717) is 13.1 Å². The zero-order chi connectivity index (χ0) is 13.7. The molecule has 0 bridgehead atoms. The molecule has 0 aliphatic rings. The van der Waals surface area contributed by atoms with Crippen molar-refractivity contribution in [2.24, 2.45) is 0 Å². The minimum Gasteiger partial charge on any atom is -0.467 e. The summed E-state index contributed by atoms with van der Waals surface area (Å²) in [6.07, 6.45) is 1.59. The highest BCUT2D eigenvalue weighted by atomic mass is 35.5. The van der Waals surface area contributed by atoms with Crippen LogP contribution < -0.4 is 10.6 Å². The SMILES string of the molecule is CC(NCc1ccc(Cl)s1)C(=O)NCc1ccco1. The normalized spacial score (nSPS) is 12.3. The highest BCUT2D eigenvalue weighted by Gasteiger charge is 2.12. The molecule has 0 radical (unpaired) electrons. The van der Waals surface area contributed by atoms with Gasteiger partial charge in [-0.2, -0.15) is 0 Å². The van der Waals surface area contributed by atoms with E-state index in [2.05, 4.69) is 10.6 Å². The first-order valence-electron chi connectivity index (χ1n) is 5.93. The molecule has 1 amide bonds. The Labute approximate surface area is 120 Å². The predicted octanol–water partition coefficient (Wildman–Crippen LogP) is 2.79. The lowest BCUT2D eigenvalue weighted by Crippen LogP contribution is -2.41. The van der Waals surface area contributed by atoms with Crippen LogP contribution in [-0.2, 0) is 17.9 Å². The van der Waals surface area contributed by atoms with Gasteiger partial charge in [-0.15, -0.1) is 11.3 Å². The number of hydrogen-bond acceptors (Lipinski definition) is 4. The molecule has 0 aliphatic heterocycles. The van der Waals surface area contributed by atoms with Crippen molar-refractivity contribution in [1.82, 2.24) is 10.6 Å². The van der Waals surface area contributed by atoms with Crippen molar-refractivity contribution >= 4 is 28.8 Å². The van der Waals surface area contributed by atoms with Gasteiger partial charge in [0.05, 0.1) is 23.2 Å². The van der Waals surface area contributed by atoms with Crippen molar-refractivity contribution in [3.63, 3.8) is 0 Å². The number of hydrogen-bond donors (Lipinski definition) is 2. The third-order valence-electron chi connectivity index (χ3n) is 2.62. The summed E-state index contributed by atoms with van der Waals surface area (Å²) in [5.74, 6) is 0.685. The van der Waals surface area contributed by atoms with Crippen molar-refractivity contribution in [2.75, 3.05) is 0 Å². The first kappa shape index (κ1) is 14.1. The molecule has 4 nitrogen and oxygen atoms in total. The summed E-state index contributed by atoms with van der Waals surface area (Å²) in [5.41, 5.74) is 0. The zero-order valence-electron chi connectivity index (χ0n) is 10.5. The van der Waals surface area contributed by atoms with E-state index in [9.17, 15) is 4.79 Å². The van der Waals surface area contributed by atoms with Crippen molar-refractivity contribution < 1.29 is 9.21 Å². The lowest BCUT2D eigenvalue weighted by Gasteiger charge is -2.12. The number of amides is 1. The van der Waals surface area contributed by atoms with Crippen LogP contribution in [-0.4, -0.2) is 11.9 Å². The van der Waals surface area contributed by atoms with Gasteiger partial charge in [0, 0.05) is 11.4 Å². The van der Waals surface area contributed by atoms with E-state index >= 15 is 0 Å². The quantitative estimate of drug-likeness (QED) is 0.862. The topological polar surface area (TPSA) is 54.3 Å². The Kier molecular flexibility index (Phi) is 5.01. The van der Waals surface area contributed by atoms with Crippen LogP contribution >= 0.6 is 22.9 Å². The molecule has 0 spiro atoms. The van der Waals surface area contributed by atoms with E-state index in [1.807, 2.05) is 25.1 Å². The monoisotopic (exact) mass is 298 g/mol. The maximum absolute atomic E-state index is 11.8. The van der Waals surface area contributed by atoms with Gasteiger partial charge in [-0.3, -0.25) is 4.79 Å². The number of furan rings is 1. The largest absolute Gasteiger partial charge is 0.467 e. The Morgan fingerprint density at radius 1 is 1.42 bits per heavy atom. The van der Waals surface area contributed by atoms with E-state index in [4.69, 9.17) is 16.0 Å². The number of thiophene rings is 1. The number of carbonyl (C=O) groups excluding carboxylic acids is 1. The fraction of sp³-hybridized carbons (Fsp3) is 0.308. The van der Waals surface area contributed by atoms with E-state index < -0.39 is 0 Å².